The van der Waals surface area contributed by atoms with Gasteiger partial charge in [0.25, 0.3) is 0 Å². The van der Waals surface area contributed by atoms with Gasteiger partial charge in [0.05, 0.1) is 31.4 Å². The molecule has 0 radical (unpaired) electrons. The van der Waals surface area contributed by atoms with Gasteiger partial charge in [0, 0.05) is 12.5 Å². The molecule has 0 aromatic heterocycles. The molecule has 1 saturated heterocycles. The Kier molecular flexibility index (Phi) is 5.01. The van der Waals surface area contributed by atoms with E-state index in [1.54, 1.807) is 6.07 Å². The van der Waals surface area contributed by atoms with Crippen LogP contribution in [-0.4, -0.2) is 26.4 Å². The Morgan fingerprint density at radius 3 is 2.75 bits per heavy atom. The first-order valence-electron chi connectivity index (χ1n) is 6.55. The maximum Gasteiger partial charge on any atom is 0.416 e. The monoisotopic (exact) mass is 289 g/mol. The lowest BCUT2D eigenvalue weighted by Crippen LogP contribution is -2.23. The summed E-state index contributed by atoms with van der Waals surface area (Å²) in [5.41, 5.74) is 5.20. The van der Waals surface area contributed by atoms with E-state index in [0.717, 1.165) is 19.1 Å². The molecule has 0 bridgehead atoms. The second-order valence-corrected chi connectivity index (χ2v) is 4.96. The summed E-state index contributed by atoms with van der Waals surface area (Å²) >= 11 is 0. The van der Waals surface area contributed by atoms with E-state index in [4.69, 9.17) is 15.2 Å². The van der Waals surface area contributed by atoms with Gasteiger partial charge in [-0.15, -0.1) is 0 Å². The van der Waals surface area contributed by atoms with Gasteiger partial charge in [-0.2, -0.15) is 13.2 Å². The van der Waals surface area contributed by atoms with E-state index in [1.807, 2.05) is 0 Å². The topological polar surface area (TPSA) is 44.5 Å². The number of rotatable bonds is 5. The van der Waals surface area contributed by atoms with E-state index in [-0.39, 0.29) is 12.2 Å². The predicted octanol–water partition coefficient (Wildman–Crippen LogP) is 2.76. The summed E-state index contributed by atoms with van der Waals surface area (Å²) in [5, 5.41) is 0. The fraction of sp³-hybridized carbons (Fsp3) is 0.571. The second-order valence-electron chi connectivity index (χ2n) is 4.96. The van der Waals surface area contributed by atoms with Crippen LogP contribution >= 0.6 is 0 Å². The lowest BCUT2D eigenvalue weighted by atomic mass is 10.0. The van der Waals surface area contributed by atoms with Crippen molar-refractivity contribution in [2.75, 3.05) is 26.4 Å². The Labute approximate surface area is 115 Å². The second kappa shape index (κ2) is 6.56. The van der Waals surface area contributed by atoms with Crippen LogP contribution in [0.3, 0.4) is 0 Å². The summed E-state index contributed by atoms with van der Waals surface area (Å²) in [6, 6.07) is 4.57. The molecule has 2 rings (SSSR count). The van der Waals surface area contributed by atoms with Gasteiger partial charge in [-0.3, -0.25) is 0 Å². The SMILES string of the molecule is NC(COCC1CCOC1)c1ccccc1C(F)(F)F. The Balaban J connectivity index is 1.93. The Morgan fingerprint density at radius 1 is 1.35 bits per heavy atom. The van der Waals surface area contributed by atoms with Crippen LogP contribution in [0.25, 0.3) is 0 Å². The third-order valence-electron chi connectivity index (χ3n) is 3.34. The lowest BCUT2D eigenvalue weighted by Gasteiger charge is -2.19. The lowest BCUT2D eigenvalue weighted by molar-refractivity contribution is -0.138. The van der Waals surface area contributed by atoms with E-state index in [1.165, 1.54) is 12.1 Å². The quantitative estimate of drug-likeness (QED) is 0.906. The molecule has 0 saturated carbocycles. The zero-order chi connectivity index (χ0) is 14.6. The highest BCUT2D eigenvalue weighted by atomic mass is 19.4. The van der Waals surface area contributed by atoms with Gasteiger partial charge in [-0.1, -0.05) is 18.2 Å². The number of halogens is 3. The van der Waals surface area contributed by atoms with Crippen LogP contribution in [0.4, 0.5) is 13.2 Å². The minimum absolute atomic E-state index is 0.0719. The van der Waals surface area contributed by atoms with E-state index in [0.29, 0.717) is 19.1 Å². The molecule has 0 spiro atoms. The molecule has 20 heavy (non-hydrogen) atoms. The largest absolute Gasteiger partial charge is 0.416 e. The van der Waals surface area contributed by atoms with Crippen LogP contribution in [0.1, 0.15) is 23.6 Å². The van der Waals surface area contributed by atoms with Gasteiger partial charge >= 0.3 is 6.18 Å². The number of hydrogen-bond acceptors (Lipinski definition) is 3. The molecule has 0 amide bonds. The molecule has 6 heteroatoms. The van der Waals surface area contributed by atoms with Crippen molar-refractivity contribution in [3.8, 4) is 0 Å². The fourth-order valence-corrected chi connectivity index (χ4v) is 2.24. The number of nitrogens with two attached hydrogens (primary N) is 1. The Morgan fingerprint density at radius 2 is 2.10 bits per heavy atom. The first-order chi connectivity index (χ1) is 9.48. The first kappa shape index (κ1) is 15.3. The molecule has 3 nitrogen and oxygen atoms in total. The fourth-order valence-electron chi connectivity index (χ4n) is 2.24. The van der Waals surface area contributed by atoms with Crippen LogP contribution in [-0.2, 0) is 15.7 Å². The van der Waals surface area contributed by atoms with Gasteiger partial charge in [-0.05, 0) is 18.1 Å². The molecule has 1 aromatic rings. The van der Waals surface area contributed by atoms with Crippen molar-refractivity contribution in [3.05, 3.63) is 35.4 Å². The Bertz CT molecular complexity index is 431. The highest BCUT2D eigenvalue weighted by Crippen LogP contribution is 2.34. The van der Waals surface area contributed by atoms with Crippen molar-refractivity contribution in [1.82, 2.24) is 0 Å². The number of hydrogen-bond donors (Lipinski definition) is 1. The molecular weight excluding hydrogens is 271 g/mol. The minimum atomic E-state index is -4.40. The third kappa shape index (κ3) is 3.94. The zero-order valence-corrected chi connectivity index (χ0v) is 11.0. The van der Waals surface area contributed by atoms with Crippen molar-refractivity contribution in [1.29, 1.82) is 0 Å². The number of ether oxygens (including phenoxy) is 2. The van der Waals surface area contributed by atoms with Gasteiger partial charge in [0.1, 0.15) is 0 Å². The molecule has 112 valence electrons. The van der Waals surface area contributed by atoms with E-state index < -0.39 is 17.8 Å². The van der Waals surface area contributed by atoms with E-state index in [2.05, 4.69) is 0 Å². The molecular formula is C14H18F3NO2. The van der Waals surface area contributed by atoms with Crippen LogP contribution in [0, 0.1) is 5.92 Å². The standard InChI is InChI=1S/C14H18F3NO2/c15-14(16,17)12-4-2-1-3-11(12)13(18)9-20-8-10-5-6-19-7-10/h1-4,10,13H,5-9,18H2. The van der Waals surface area contributed by atoms with Crippen LogP contribution in [0.2, 0.25) is 0 Å². The molecule has 0 aliphatic carbocycles. The molecule has 1 fully saturated rings. The number of alkyl halides is 3. The molecule has 2 atom stereocenters. The van der Waals surface area contributed by atoms with Crippen molar-refractivity contribution in [2.45, 2.75) is 18.6 Å². The van der Waals surface area contributed by atoms with Gasteiger partial charge in [-0.25, -0.2) is 0 Å². The predicted molar refractivity (Wildman–Crippen MR) is 68.1 cm³/mol. The van der Waals surface area contributed by atoms with Crippen molar-refractivity contribution < 1.29 is 22.6 Å². The molecule has 1 aliphatic heterocycles. The highest BCUT2D eigenvalue weighted by molar-refractivity contribution is 5.32. The zero-order valence-electron chi connectivity index (χ0n) is 11.0. The maximum atomic E-state index is 12.9. The molecule has 1 heterocycles. The van der Waals surface area contributed by atoms with Crippen LogP contribution < -0.4 is 5.73 Å². The smallest absolute Gasteiger partial charge is 0.381 e. The van der Waals surface area contributed by atoms with Crippen LogP contribution in [0.5, 0.6) is 0 Å². The summed E-state index contributed by atoms with van der Waals surface area (Å²) in [6.07, 6.45) is -3.47. The molecule has 2 unspecified atom stereocenters. The number of benzene rings is 1. The van der Waals surface area contributed by atoms with Gasteiger partial charge in [0.2, 0.25) is 0 Å². The Hall–Kier alpha value is -1.11. The maximum absolute atomic E-state index is 12.9. The summed E-state index contributed by atoms with van der Waals surface area (Å²) < 4.78 is 49.2. The van der Waals surface area contributed by atoms with Crippen molar-refractivity contribution >= 4 is 0 Å². The summed E-state index contributed by atoms with van der Waals surface area (Å²) in [7, 11) is 0. The summed E-state index contributed by atoms with van der Waals surface area (Å²) in [4.78, 5) is 0. The normalized spacial score (nSPS) is 21.1. The van der Waals surface area contributed by atoms with Gasteiger partial charge < -0.3 is 15.2 Å². The third-order valence-corrected chi connectivity index (χ3v) is 3.34. The van der Waals surface area contributed by atoms with E-state index >= 15 is 0 Å². The summed E-state index contributed by atoms with van der Waals surface area (Å²) in [5.74, 6) is 0.319. The van der Waals surface area contributed by atoms with E-state index in [9.17, 15) is 13.2 Å². The average Bonchev–Trinajstić information content (AvgIpc) is 2.91. The first-order valence-corrected chi connectivity index (χ1v) is 6.55. The highest BCUT2D eigenvalue weighted by Gasteiger charge is 2.34. The average molecular weight is 289 g/mol. The van der Waals surface area contributed by atoms with Crippen molar-refractivity contribution in [2.24, 2.45) is 11.7 Å². The molecule has 2 N–H and O–H groups in total. The van der Waals surface area contributed by atoms with Crippen molar-refractivity contribution in [3.63, 3.8) is 0 Å². The summed E-state index contributed by atoms with van der Waals surface area (Å²) in [6.45, 7) is 1.91. The molecule has 1 aromatic carbocycles. The molecule has 1 aliphatic rings. The van der Waals surface area contributed by atoms with Gasteiger partial charge in [0.15, 0.2) is 0 Å². The van der Waals surface area contributed by atoms with Crippen LogP contribution in [0.15, 0.2) is 24.3 Å². The minimum Gasteiger partial charge on any atom is -0.381 e.